The summed E-state index contributed by atoms with van der Waals surface area (Å²) in [4.78, 5) is 11.0. The molecule has 1 aromatic carbocycles. The molecule has 17 heavy (non-hydrogen) atoms. The number of pyridine rings is 1. The first-order valence-electron chi connectivity index (χ1n) is 5.60. The van der Waals surface area contributed by atoms with Crippen molar-refractivity contribution in [1.29, 1.82) is 0 Å². The minimum absolute atomic E-state index is 0.198. The quantitative estimate of drug-likeness (QED) is 0.875. The molecule has 1 heterocycles. The molecule has 0 aliphatic carbocycles. The van der Waals surface area contributed by atoms with Crippen molar-refractivity contribution in [2.24, 2.45) is 0 Å². The van der Waals surface area contributed by atoms with Crippen LogP contribution in [-0.4, -0.2) is 9.67 Å². The van der Waals surface area contributed by atoms with Crippen molar-refractivity contribution < 1.29 is 5.11 Å². The first-order chi connectivity index (χ1) is 8.15. The van der Waals surface area contributed by atoms with Crippen LogP contribution < -0.4 is 5.43 Å². The summed E-state index contributed by atoms with van der Waals surface area (Å²) >= 11 is 0. The fraction of sp³-hybridized carbons (Fsp3) is 0.214. The minimum Gasteiger partial charge on any atom is -0.503 e. The fourth-order valence-corrected chi connectivity index (χ4v) is 1.66. The Morgan fingerprint density at radius 3 is 2.53 bits per heavy atom. The maximum absolute atomic E-state index is 11.0. The Hall–Kier alpha value is -2.03. The molecular weight excluding hydrogens is 214 g/mol. The van der Waals surface area contributed by atoms with Crippen molar-refractivity contribution in [2.75, 3.05) is 0 Å². The van der Waals surface area contributed by atoms with E-state index in [2.05, 4.69) is 31.2 Å². The maximum atomic E-state index is 11.0. The number of aromatic hydroxyl groups is 1. The van der Waals surface area contributed by atoms with E-state index in [1.54, 1.807) is 6.20 Å². The summed E-state index contributed by atoms with van der Waals surface area (Å²) in [6.07, 6.45) is 4.04. The van der Waals surface area contributed by atoms with Crippen LogP contribution in [0, 0.1) is 6.92 Å². The number of benzene rings is 1. The van der Waals surface area contributed by atoms with Gasteiger partial charge >= 0.3 is 0 Å². The van der Waals surface area contributed by atoms with Gasteiger partial charge in [0.05, 0.1) is 0 Å². The third kappa shape index (κ3) is 2.97. The van der Waals surface area contributed by atoms with Gasteiger partial charge in [0.25, 0.3) is 0 Å². The largest absolute Gasteiger partial charge is 0.503 e. The molecule has 2 rings (SSSR count). The highest BCUT2D eigenvalue weighted by atomic mass is 16.3. The summed E-state index contributed by atoms with van der Waals surface area (Å²) in [6, 6.07) is 9.73. The highest BCUT2D eigenvalue weighted by Gasteiger charge is 1.98. The second-order valence-corrected chi connectivity index (χ2v) is 4.17. The van der Waals surface area contributed by atoms with E-state index in [-0.39, 0.29) is 11.2 Å². The van der Waals surface area contributed by atoms with Gasteiger partial charge in [-0.05, 0) is 18.9 Å². The third-order valence-corrected chi connectivity index (χ3v) is 2.74. The normalized spacial score (nSPS) is 10.4. The van der Waals surface area contributed by atoms with Gasteiger partial charge in [0.15, 0.2) is 5.75 Å². The van der Waals surface area contributed by atoms with E-state index < -0.39 is 0 Å². The molecule has 3 heteroatoms. The summed E-state index contributed by atoms with van der Waals surface area (Å²) in [7, 11) is 0. The number of rotatable bonds is 3. The Morgan fingerprint density at radius 2 is 1.88 bits per heavy atom. The van der Waals surface area contributed by atoms with Crippen LogP contribution in [0.15, 0.2) is 47.5 Å². The minimum atomic E-state index is -0.336. The SMILES string of the molecule is Cc1ccc(CCn2ccc(=O)c(O)c2)cc1. The van der Waals surface area contributed by atoms with Gasteiger partial charge in [0, 0.05) is 25.0 Å². The number of hydrogen-bond donors (Lipinski definition) is 1. The van der Waals surface area contributed by atoms with Crippen molar-refractivity contribution in [3.63, 3.8) is 0 Å². The Morgan fingerprint density at radius 1 is 1.18 bits per heavy atom. The van der Waals surface area contributed by atoms with E-state index in [0.717, 1.165) is 13.0 Å². The van der Waals surface area contributed by atoms with Crippen molar-refractivity contribution in [2.45, 2.75) is 19.9 Å². The van der Waals surface area contributed by atoms with Gasteiger partial charge < -0.3 is 9.67 Å². The van der Waals surface area contributed by atoms with Gasteiger partial charge in [0.2, 0.25) is 5.43 Å². The molecule has 0 fully saturated rings. The first-order valence-corrected chi connectivity index (χ1v) is 5.60. The highest BCUT2D eigenvalue weighted by molar-refractivity contribution is 5.21. The van der Waals surface area contributed by atoms with Crippen molar-refractivity contribution >= 4 is 0 Å². The monoisotopic (exact) mass is 229 g/mol. The maximum Gasteiger partial charge on any atom is 0.223 e. The molecule has 0 aliphatic rings. The Balaban J connectivity index is 2.04. The molecule has 0 unspecified atom stereocenters. The highest BCUT2D eigenvalue weighted by Crippen LogP contribution is 2.06. The van der Waals surface area contributed by atoms with E-state index in [1.165, 1.54) is 23.4 Å². The van der Waals surface area contributed by atoms with Gasteiger partial charge in [-0.15, -0.1) is 0 Å². The molecule has 0 saturated carbocycles. The van der Waals surface area contributed by atoms with Crippen LogP contribution in [0.4, 0.5) is 0 Å². The van der Waals surface area contributed by atoms with Crippen molar-refractivity contribution in [3.8, 4) is 5.75 Å². The standard InChI is InChI=1S/C14H15NO2/c1-11-2-4-12(5-3-11)6-8-15-9-7-13(16)14(17)10-15/h2-5,7,9-10,17H,6,8H2,1H3. The van der Waals surface area contributed by atoms with Gasteiger partial charge in [-0.2, -0.15) is 0 Å². The van der Waals surface area contributed by atoms with E-state index in [0.29, 0.717) is 0 Å². The van der Waals surface area contributed by atoms with Gasteiger partial charge in [-0.3, -0.25) is 4.79 Å². The van der Waals surface area contributed by atoms with Crippen LogP contribution in [-0.2, 0) is 13.0 Å². The Kier molecular flexibility index (Phi) is 3.28. The molecule has 0 amide bonds. The average molecular weight is 229 g/mol. The molecule has 1 aromatic heterocycles. The van der Waals surface area contributed by atoms with Crippen LogP contribution >= 0.6 is 0 Å². The topological polar surface area (TPSA) is 42.2 Å². The van der Waals surface area contributed by atoms with Crippen LogP contribution in [0.3, 0.4) is 0 Å². The van der Waals surface area contributed by atoms with E-state index in [1.807, 2.05) is 4.57 Å². The molecular formula is C14H15NO2. The number of aromatic nitrogens is 1. The number of nitrogens with zero attached hydrogens (tertiary/aromatic N) is 1. The zero-order chi connectivity index (χ0) is 12.3. The van der Waals surface area contributed by atoms with E-state index in [4.69, 9.17) is 0 Å². The predicted octanol–water partition coefficient (Wildman–Crippen LogP) is 2.11. The second kappa shape index (κ2) is 4.87. The molecule has 3 nitrogen and oxygen atoms in total. The van der Waals surface area contributed by atoms with Gasteiger partial charge in [-0.1, -0.05) is 29.8 Å². The van der Waals surface area contributed by atoms with E-state index >= 15 is 0 Å². The van der Waals surface area contributed by atoms with Crippen LogP contribution in [0.5, 0.6) is 5.75 Å². The summed E-state index contributed by atoms with van der Waals surface area (Å²) < 4.78 is 1.82. The predicted molar refractivity (Wildman–Crippen MR) is 67.2 cm³/mol. The molecule has 0 radical (unpaired) electrons. The van der Waals surface area contributed by atoms with Crippen LogP contribution in [0.25, 0.3) is 0 Å². The fourth-order valence-electron chi connectivity index (χ4n) is 1.66. The third-order valence-electron chi connectivity index (χ3n) is 2.74. The van der Waals surface area contributed by atoms with Crippen LogP contribution in [0.2, 0.25) is 0 Å². The zero-order valence-corrected chi connectivity index (χ0v) is 9.76. The van der Waals surface area contributed by atoms with Gasteiger partial charge in [0.1, 0.15) is 0 Å². The average Bonchev–Trinajstić information content (AvgIpc) is 2.33. The van der Waals surface area contributed by atoms with E-state index in [9.17, 15) is 9.90 Å². The second-order valence-electron chi connectivity index (χ2n) is 4.17. The van der Waals surface area contributed by atoms with Crippen molar-refractivity contribution in [1.82, 2.24) is 4.57 Å². The lowest BCUT2D eigenvalue weighted by atomic mass is 10.1. The number of aryl methyl sites for hydroxylation is 3. The van der Waals surface area contributed by atoms with Gasteiger partial charge in [-0.25, -0.2) is 0 Å². The molecule has 0 aliphatic heterocycles. The summed E-state index contributed by atoms with van der Waals surface area (Å²) in [6.45, 7) is 2.81. The molecule has 0 saturated heterocycles. The Bertz CT molecular complexity index is 555. The Labute approximate surface area is 100.0 Å². The molecule has 88 valence electrons. The molecule has 0 atom stereocenters. The summed E-state index contributed by atoms with van der Waals surface area (Å²) in [5.74, 6) is -0.198. The molecule has 0 bridgehead atoms. The molecule has 0 spiro atoms. The zero-order valence-electron chi connectivity index (χ0n) is 9.76. The lowest BCUT2D eigenvalue weighted by Crippen LogP contribution is -2.06. The smallest absolute Gasteiger partial charge is 0.223 e. The van der Waals surface area contributed by atoms with Crippen molar-refractivity contribution in [3.05, 3.63) is 64.1 Å². The number of hydrogen-bond acceptors (Lipinski definition) is 2. The lowest BCUT2D eigenvalue weighted by Gasteiger charge is -2.06. The summed E-state index contributed by atoms with van der Waals surface area (Å²) in [5.41, 5.74) is 2.15. The molecule has 2 aromatic rings. The molecule has 1 N–H and O–H groups in total. The van der Waals surface area contributed by atoms with Crippen LogP contribution in [0.1, 0.15) is 11.1 Å². The lowest BCUT2D eigenvalue weighted by molar-refractivity contribution is 0.460. The first kappa shape index (κ1) is 11.5. The summed E-state index contributed by atoms with van der Waals surface area (Å²) in [5, 5.41) is 9.30.